The summed E-state index contributed by atoms with van der Waals surface area (Å²) in [7, 11) is 0. The minimum Gasteiger partial charge on any atom is -0.378 e. The molecule has 0 radical (unpaired) electrons. The summed E-state index contributed by atoms with van der Waals surface area (Å²) in [6.45, 7) is 4.87. The highest BCUT2D eigenvalue weighted by molar-refractivity contribution is 7.99. The van der Waals surface area contributed by atoms with Crippen LogP contribution in [0.25, 0.3) is 0 Å². The predicted molar refractivity (Wildman–Crippen MR) is 69.2 cm³/mol. The van der Waals surface area contributed by atoms with E-state index in [2.05, 4.69) is 36.5 Å². The first-order valence-electron chi connectivity index (χ1n) is 5.91. The Morgan fingerprint density at radius 3 is 2.81 bits per heavy atom. The quantitative estimate of drug-likeness (QED) is 0.812. The molecular formula is C13H19NOS. The average Bonchev–Trinajstić information content (AvgIpc) is 2.38. The number of morpholine rings is 1. The largest absolute Gasteiger partial charge is 0.378 e. The molecule has 16 heavy (non-hydrogen) atoms. The van der Waals surface area contributed by atoms with Crippen LogP contribution in [-0.4, -0.2) is 31.6 Å². The lowest BCUT2D eigenvalue weighted by molar-refractivity contribution is 0.0837. The maximum absolute atomic E-state index is 5.43. The van der Waals surface area contributed by atoms with Gasteiger partial charge >= 0.3 is 0 Å². The summed E-state index contributed by atoms with van der Waals surface area (Å²) in [6, 6.07) is 9.37. The average molecular weight is 237 g/mol. The van der Waals surface area contributed by atoms with E-state index in [1.165, 1.54) is 10.5 Å². The minimum atomic E-state index is 0.504. The maximum atomic E-state index is 5.43. The fourth-order valence-electron chi connectivity index (χ4n) is 1.74. The predicted octanol–water partition coefficient (Wildman–Crippen LogP) is 2.33. The highest BCUT2D eigenvalue weighted by atomic mass is 32.2. The molecular weight excluding hydrogens is 218 g/mol. The van der Waals surface area contributed by atoms with Crippen LogP contribution in [0.15, 0.2) is 29.2 Å². The molecule has 1 atom stereocenters. The van der Waals surface area contributed by atoms with Crippen LogP contribution in [-0.2, 0) is 11.2 Å². The van der Waals surface area contributed by atoms with Crippen molar-refractivity contribution >= 4 is 11.8 Å². The number of hydrogen-bond acceptors (Lipinski definition) is 3. The third kappa shape index (κ3) is 3.51. The summed E-state index contributed by atoms with van der Waals surface area (Å²) in [4.78, 5) is 1.35. The van der Waals surface area contributed by atoms with Gasteiger partial charge in [-0.05, 0) is 24.1 Å². The Labute approximate surface area is 102 Å². The van der Waals surface area contributed by atoms with E-state index >= 15 is 0 Å². The number of hydrogen-bond donors (Lipinski definition) is 1. The molecule has 1 aliphatic rings. The van der Waals surface area contributed by atoms with Crippen LogP contribution in [0, 0.1) is 0 Å². The fraction of sp³-hybridized carbons (Fsp3) is 0.538. The normalized spacial score (nSPS) is 20.9. The number of thioether (sulfide) groups is 1. The summed E-state index contributed by atoms with van der Waals surface area (Å²) in [5.74, 6) is 1.09. The summed E-state index contributed by atoms with van der Waals surface area (Å²) in [5.41, 5.74) is 1.41. The van der Waals surface area contributed by atoms with Gasteiger partial charge in [0.25, 0.3) is 0 Å². The van der Waals surface area contributed by atoms with Gasteiger partial charge in [-0.1, -0.05) is 19.1 Å². The SMILES string of the molecule is CCc1ccc(SCC2COCCN2)cc1. The lowest BCUT2D eigenvalue weighted by atomic mass is 10.2. The summed E-state index contributed by atoms with van der Waals surface area (Å²) in [5, 5.41) is 3.47. The minimum absolute atomic E-state index is 0.504. The van der Waals surface area contributed by atoms with E-state index in [0.29, 0.717) is 6.04 Å². The van der Waals surface area contributed by atoms with Gasteiger partial charge < -0.3 is 10.1 Å². The molecule has 2 nitrogen and oxygen atoms in total. The molecule has 1 unspecified atom stereocenters. The number of ether oxygens (including phenoxy) is 1. The molecule has 2 rings (SSSR count). The van der Waals surface area contributed by atoms with Crippen molar-refractivity contribution in [3.63, 3.8) is 0 Å². The van der Waals surface area contributed by atoms with Crippen molar-refractivity contribution < 1.29 is 4.74 Å². The second-order valence-corrected chi connectivity index (χ2v) is 5.13. The Hall–Kier alpha value is -0.510. The molecule has 0 saturated carbocycles. The molecule has 1 heterocycles. The lowest BCUT2D eigenvalue weighted by Gasteiger charge is -2.23. The van der Waals surface area contributed by atoms with Gasteiger partial charge in [-0.3, -0.25) is 0 Å². The molecule has 0 amide bonds. The zero-order chi connectivity index (χ0) is 11.2. The standard InChI is InChI=1S/C13H19NOS/c1-2-11-3-5-13(6-4-11)16-10-12-9-15-8-7-14-12/h3-6,12,14H,2,7-10H2,1H3. The van der Waals surface area contributed by atoms with Gasteiger partial charge in [0.05, 0.1) is 13.2 Å². The monoisotopic (exact) mass is 237 g/mol. The van der Waals surface area contributed by atoms with Crippen LogP contribution in [0.5, 0.6) is 0 Å². The highest BCUT2D eigenvalue weighted by Crippen LogP contribution is 2.20. The van der Waals surface area contributed by atoms with Crippen molar-refractivity contribution in [3.05, 3.63) is 29.8 Å². The summed E-state index contributed by atoms with van der Waals surface area (Å²) >= 11 is 1.90. The van der Waals surface area contributed by atoms with E-state index in [9.17, 15) is 0 Å². The molecule has 1 aromatic rings. The highest BCUT2D eigenvalue weighted by Gasteiger charge is 2.12. The van der Waals surface area contributed by atoms with Crippen molar-refractivity contribution in [3.8, 4) is 0 Å². The first-order valence-corrected chi connectivity index (χ1v) is 6.90. The van der Waals surface area contributed by atoms with Gasteiger partial charge in [-0.25, -0.2) is 0 Å². The Morgan fingerprint density at radius 1 is 1.38 bits per heavy atom. The van der Waals surface area contributed by atoms with Crippen molar-refractivity contribution in [2.24, 2.45) is 0 Å². The molecule has 0 bridgehead atoms. The van der Waals surface area contributed by atoms with Crippen LogP contribution in [0.2, 0.25) is 0 Å². The number of aryl methyl sites for hydroxylation is 1. The van der Waals surface area contributed by atoms with Gasteiger partial charge in [0, 0.05) is 23.2 Å². The Kier molecular flexibility index (Phi) is 4.69. The molecule has 0 aromatic heterocycles. The van der Waals surface area contributed by atoms with Crippen LogP contribution in [0.3, 0.4) is 0 Å². The Bertz CT molecular complexity index is 306. The van der Waals surface area contributed by atoms with Crippen LogP contribution in [0.4, 0.5) is 0 Å². The fourth-order valence-corrected chi connectivity index (χ4v) is 2.68. The van der Waals surface area contributed by atoms with E-state index < -0.39 is 0 Å². The molecule has 1 aromatic carbocycles. The molecule has 1 saturated heterocycles. The number of nitrogens with one attached hydrogen (secondary N) is 1. The number of benzene rings is 1. The Morgan fingerprint density at radius 2 is 2.19 bits per heavy atom. The third-order valence-electron chi connectivity index (χ3n) is 2.78. The van der Waals surface area contributed by atoms with Gasteiger partial charge in [0.15, 0.2) is 0 Å². The number of rotatable bonds is 4. The van der Waals surface area contributed by atoms with Crippen LogP contribution < -0.4 is 5.32 Å². The second kappa shape index (κ2) is 6.28. The molecule has 1 fully saturated rings. The molecule has 1 aliphatic heterocycles. The summed E-state index contributed by atoms with van der Waals surface area (Å²) < 4.78 is 5.43. The summed E-state index contributed by atoms with van der Waals surface area (Å²) in [6.07, 6.45) is 1.11. The van der Waals surface area contributed by atoms with E-state index in [0.717, 1.165) is 31.9 Å². The first kappa shape index (κ1) is 12.0. The molecule has 1 N–H and O–H groups in total. The van der Waals surface area contributed by atoms with Gasteiger partial charge in [0.2, 0.25) is 0 Å². The molecule has 0 spiro atoms. The van der Waals surface area contributed by atoms with Crippen molar-refractivity contribution in [2.45, 2.75) is 24.3 Å². The van der Waals surface area contributed by atoms with Gasteiger partial charge in [0.1, 0.15) is 0 Å². The smallest absolute Gasteiger partial charge is 0.0628 e. The second-order valence-electron chi connectivity index (χ2n) is 4.03. The molecule has 3 heteroatoms. The van der Waals surface area contributed by atoms with Crippen LogP contribution >= 0.6 is 11.8 Å². The molecule has 88 valence electrons. The van der Waals surface area contributed by atoms with E-state index in [1.807, 2.05) is 11.8 Å². The zero-order valence-electron chi connectivity index (χ0n) is 9.74. The third-order valence-corrected chi connectivity index (χ3v) is 3.96. The Balaban J connectivity index is 1.79. The van der Waals surface area contributed by atoms with Gasteiger partial charge in [-0.2, -0.15) is 0 Å². The maximum Gasteiger partial charge on any atom is 0.0628 e. The first-order chi connectivity index (χ1) is 7.88. The van der Waals surface area contributed by atoms with E-state index in [1.54, 1.807) is 0 Å². The molecule has 0 aliphatic carbocycles. The van der Waals surface area contributed by atoms with Gasteiger partial charge in [-0.15, -0.1) is 11.8 Å². The van der Waals surface area contributed by atoms with E-state index in [-0.39, 0.29) is 0 Å². The topological polar surface area (TPSA) is 21.3 Å². The van der Waals surface area contributed by atoms with Crippen molar-refractivity contribution in [1.82, 2.24) is 5.32 Å². The van der Waals surface area contributed by atoms with E-state index in [4.69, 9.17) is 4.74 Å². The lowest BCUT2D eigenvalue weighted by Crippen LogP contribution is -2.42. The zero-order valence-corrected chi connectivity index (χ0v) is 10.6. The van der Waals surface area contributed by atoms with Crippen molar-refractivity contribution in [1.29, 1.82) is 0 Å². The van der Waals surface area contributed by atoms with Crippen molar-refractivity contribution in [2.75, 3.05) is 25.5 Å². The van der Waals surface area contributed by atoms with Crippen LogP contribution in [0.1, 0.15) is 12.5 Å².